The Bertz CT molecular complexity index is 1630. The van der Waals surface area contributed by atoms with Crippen molar-refractivity contribution in [2.24, 2.45) is 5.92 Å². The standard InChI is InChI=1S/C32H27FN2O4/c1-20(2)17-35-32(37)23-9-12-29(38-19-25-5-3-4-14-34-25)26(16-23)22-8-13-30-27(15-22)28(18-36)31(39-30)21-6-10-24(33)11-7-21/h3-16,18,20H,17,19H2,1-2H3,(H,35,37). The number of benzene rings is 3. The van der Waals surface area contributed by atoms with Crippen LogP contribution in [0.3, 0.4) is 0 Å². The van der Waals surface area contributed by atoms with Gasteiger partial charge in [0.2, 0.25) is 0 Å². The summed E-state index contributed by atoms with van der Waals surface area (Å²) in [7, 11) is 0. The lowest BCUT2D eigenvalue weighted by Gasteiger charge is -2.14. The molecular formula is C32H27FN2O4. The minimum atomic E-state index is -0.375. The summed E-state index contributed by atoms with van der Waals surface area (Å²) in [6, 6.07) is 22.1. The van der Waals surface area contributed by atoms with Crippen LogP contribution in [-0.2, 0) is 6.61 Å². The van der Waals surface area contributed by atoms with E-state index in [4.69, 9.17) is 9.15 Å². The largest absolute Gasteiger partial charge is 0.487 e. The van der Waals surface area contributed by atoms with E-state index < -0.39 is 0 Å². The summed E-state index contributed by atoms with van der Waals surface area (Å²) in [6.45, 7) is 4.87. The van der Waals surface area contributed by atoms with Gasteiger partial charge in [-0.1, -0.05) is 26.0 Å². The number of aromatic nitrogens is 1. The number of pyridine rings is 1. The average Bonchev–Trinajstić information content (AvgIpc) is 3.33. The van der Waals surface area contributed by atoms with Gasteiger partial charge in [0.1, 0.15) is 29.5 Å². The molecule has 7 heteroatoms. The lowest BCUT2D eigenvalue weighted by atomic mass is 9.98. The number of carbonyl (C=O) groups excluding carboxylic acids is 2. The quantitative estimate of drug-likeness (QED) is 0.209. The molecule has 0 aliphatic heterocycles. The van der Waals surface area contributed by atoms with Gasteiger partial charge in [0.25, 0.3) is 5.91 Å². The Labute approximate surface area is 225 Å². The predicted octanol–water partition coefficient (Wildman–Crippen LogP) is 7.08. The smallest absolute Gasteiger partial charge is 0.251 e. The van der Waals surface area contributed by atoms with Crippen LogP contribution in [0.1, 0.15) is 40.3 Å². The Morgan fingerprint density at radius 2 is 1.82 bits per heavy atom. The molecule has 6 nitrogen and oxygen atoms in total. The molecule has 2 aromatic heterocycles. The van der Waals surface area contributed by atoms with Crippen molar-refractivity contribution in [3.8, 4) is 28.2 Å². The van der Waals surface area contributed by atoms with Crippen molar-refractivity contribution in [1.29, 1.82) is 0 Å². The number of ether oxygens (including phenoxy) is 1. The highest BCUT2D eigenvalue weighted by molar-refractivity contribution is 6.04. The zero-order chi connectivity index (χ0) is 27.4. The third-order valence-electron chi connectivity index (χ3n) is 6.28. The first-order chi connectivity index (χ1) is 18.9. The van der Waals surface area contributed by atoms with Gasteiger partial charge in [0, 0.05) is 34.8 Å². The summed E-state index contributed by atoms with van der Waals surface area (Å²) >= 11 is 0. The molecule has 0 spiro atoms. The molecule has 0 aliphatic carbocycles. The fourth-order valence-electron chi connectivity index (χ4n) is 4.27. The second kappa shape index (κ2) is 11.3. The SMILES string of the molecule is CC(C)CNC(=O)c1ccc(OCc2ccccn2)c(-c2ccc3oc(-c4ccc(F)cc4)c(C=O)c3c2)c1. The van der Waals surface area contributed by atoms with Gasteiger partial charge >= 0.3 is 0 Å². The maximum Gasteiger partial charge on any atom is 0.251 e. The molecule has 1 N–H and O–H groups in total. The van der Waals surface area contributed by atoms with Gasteiger partial charge in [-0.25, -0.2) is 4.39 Å². The molecule has 0 saturated heterocycles. The third kappa shape index (κ3) is 5.72. The number of nitrogens with zero attached hydrogens (tertiary/aromatic N) is 1. The van der Waals surface area contributed by atoms with E-state index in [-0.39, 0.29) is 18.3 Å². The number of carbonyl (C=O) groups is 2. The molecule has 5 aromatic rings. The highest BCUT2D eigenvalue weighted by Crippen LogP contribution is 2.38. The summed E-state index contributed by atoms with van der Waals surface area (Å²) in [4.78, 5) is 29.4. The van der Waals surface area contributed by atoms with Crippen LogP contribution in [0, 0.1) is 11.7 Å². The fraction of sp³-hybridized carbons (Fsp3) is 0.156. The topological polar surface area (TPSA) is 81.4 Å². The molecule has 0 unspecified atom stereocenters. The van der Waals surface area contributed by atoms with Gasteiger partial charge in [-0.05, 0) is 78.2 Å². The Morgan fingerprint density at radius 1 is 1.03 bits per heavy atom. The lowest BCUT2D eigenvalue weighted by molar-refractivity contribution is 0.0948. The molecule has 196 valence electrons. The number of nitrogens with one attached hydrogen (secondary N) is 1. The first-order valence-electron chi connectivity index (χ1n) is 12.7. The molecule has 0 radical (unpaired) electrons. The van der Waals surface area contributed by atoms with Gasteiger partial charge in [0.05, 0.1) is 11.3 Å². The Kier molecular flexibility index (Phi) is 7.50. The maximum atomic E-state index is 13.5. The minimum Gasteiger partial charge on any atom is -0.487 e. The van der Waals surface area contributed by atoms with Crippen LogP contribution in [0.4, 0.5) is 4.39 Å². The Morgan fingerprint density at radius 3 is 2.54 bits per heavy atom. The average molecular weight is 523 g/mol. The molecule has 0 aliphatic rings. The molecule has 39 heavy (non-hydrogen) atoms. The van der Waals surface area contributed by atoms with Crippen molar-refractivity contribution in [3.05, 3.63) is 108 Å². The zero-order valence-corrected chi connectivity index (χ0v) is 21.6. The highest BCUT2D eigenvalue weighted by Gasteiger charge is 2.19. The number of hydrogen-bond donors (Lipinski definition) is 1. The molecule has 0 atom stereocenters. The van der Waals surface area contributed by atoms with E-state index in [0.717, 1.165) is 17.5 Å². The molecule has 2 heterocycles. The second-order valence-electron chi connectivity index (χ2n) is 9.61. The van der Waals surface area contributed by atoms with Crippen LogP contribution in [0.5, 0.6) is 5.75 Å². The van der Waals surface area contributed by atoms with Crippen molar-refractivity contribution in [2.75, 3.05) is 6.54 Å². The summed E-state index contributed by atoms with van der Waals surface area (Å²) in [5.41, 5.74) is 4.16. The Hall–Kier alpha value is -4.78. The first kappa shape index (κ1) is 25.9. The van der Waals surface area contributed by atoms with Gasteiger partial charge in [-0.2, -0.15) is 0 Å². The van der Waals surface area contributed by atoms with Crippen LogP contribution >= 0.6 is 0 Å². The van der Waals surface area contributed by atoms with E-state index in [2.05, 4.69) is 10.3 Å². The van der Waals surface area contributed by atoms with Crippen molar-refractivity contribution in [2.45, 2.75) is 20.5 Å². The summed E-state index contributed by atoms with van der Waals surface area (Å²) in [5.74, 6) is 0.689. The van der Waals surface area contributed by atoms with Crippen LogP contribution in [0.25, 0.3) is 33.4 Å². The number of aldehydes is 1. The fourth-order valence-corrected chi connectivity index (χ4v) is 4.27. The van der Waals surface area contributed by atoms with Crippen LogP contribution in [-0.4, -0.2) is 23.7 Å². The third-order valence-corrected chi connectivity index (χ3v) is 6.28. The number of amides is 1. The molecule has 0 saturated carbocycles. The monoisotopic (exact) mass is 522 g/mol. The van der Waals surface area contributed by atoms with E-state index >= 15 is 0 Å². The van der Waals surface area contributed by atoms with E-state index in [0.29, 0.717) is 57.2 Å². The minimum absolute atomic E-state index is 0.183. The molecule has 0 fully saturated rings. The van der Waals surface area contributed by atoms with Crippen LogP contribution < -0.4 is 10.1 Å². The molecule has 3 aromatic carbocycles. The van der Waals surface area contributed by atoms with Crippen LogP contribution in [0.2, 0.25) is 0 Å². The zero-order valence-electron chi connectivity index (χ0n) is 21.6. The van der Waals surface area contributed by atoms with E-state index in [9.17, 15) is 14.0 Å². The van der Waals surface area contributed by atoms with Crippen molar-refractivity contribution >= 4 is 23.2 Å². The number of fused-ring (bicyclic) bond motifs is 1. The summed E-state index contributed by atoms with van der Waals surface area (Å²) < 4.78 is 25.6. The molecule has 0 bridgehead atoms. The van der Waals surface area contributed by atoms with Gasteiger partial charge in [-0.15, -0.1) is 0 Å². The normalized spacial score (nSPS) is 11.1. The van der Waals surface area contributed by atoms with Gasteiger partial charge in [-0.3, -0.25) is 14.6 Å². The van der Waals surface area contributed by atoms with Gasteiger partial charge < -0.3 is 14.5 Å². The van der Waals surface area contributed by atoms with Crippen molar-refractivity contribution < 1.29 is 23.1 Å². The second-order valence-corrected chi connectivity index (χ2v) is 9.61. The van der Waals surface area contributed by atoms with E-state index in [1.165, 1.54) is 12.1 Å². The van der Waals surface area contributed by atoms with E-state index in [1.54, 1.807) is 42.6 Å². The molecular weight excluding hydrogens is 495 g/mol. The summed E-state index contributed by atoms with van der Waals surface area (Å²) in [6.07, 6.45) is 2.44. The first-order valence-corrected chi connectivity index (χ1v) is 12.7. The molecule has 5 rings (SSSR count). The van der Waals surface area contributed by atoms with Gasteiger partial charge in [0.15, 0.2) is 6.29 Å². The van der Waals surface area contributed by atoms with Crippen molar-refractivity contribution in [1.82, 2.24) is 10.3 Å². The predicted molar refractivity (Wildman–Crippen MR) is 148 cm³/mol. The number of halogens is 1. The van der Waals surface area contributed by atoms with Crippen molar-refractivity contribution in [3.63, 3.8) is 0 Å². The van der Waals surface area contributed by atoms with E-state index in [1.807, 2.05) is 44.2 Å². The molecule has 1 amide bonds. The number of furan rings is 1. The number of hydrogen-bond acceptors (Lipinski definition) is 5. The maximum absolute atomic E-state index is 13.5. The summed E-state index contributed by atoms with van der Waals surface area (Å²) in [5, 5.41) is 3.55. The van der Waals surface area contributed by atoms with Crippen LogP contribution in [0.15, 0.2) is 89.5 Å². The number of rotatable bonds is 9. The highest BCUT2D eigenvalue weighted by atomic mass is 19.1. The Balaban J connectivity index is 1.57. The lowest BCUT2D eigenvalue weighted by Crippen LogP contribution is -2.27.